The number of rotatable bonds is 5. The summed E-state index contributed by atoms with van der Waals surface area (Å²) >= 11 is 5.89. The van der Waals surface area contributed by atoms with Crippen LogP contribution in [0.5, 0.6) is 0 Å². The molecule has 0 aliphatic heterocycles. The molecule has 0 saturated heterocycles. The minimum Gasteiger partial charge on any atom is -0.354 e. The molecule has 4 rings (SSSR count). The maximum atomic E-state index is 13.0. The van der Waals surface area contributed by atoms with Crippen molar-refractivity contribution in [1.29, 1.82) is 0 Å². The van der Waals surface area contributed by atoms with Gasteiger partial charge in [0.05, 0.1) is 20.8 Å². The summed E-state index contributed by atoms with van der Waals surface area (Å²) in [7, 11) is -2.40. The van der Waals surface area contributed by atoms with Gasteiger partial charge in [0, 0.05) is 24.0 Å². The van der Waals surface area contributed by atoms with Gasteiger partial charge in [0.1, 0.15) is 5.69 Å². The highest BCUT2D eigenvalue weighted by molar-refractivity contribution is 7.91. The van der Waals surface area contributed by atoms with Gasteiger partial charge >= 0.3 is 0 Å². The van der Waals surface area contributed by atoms with Gasteiger partial charge in [0.15, 0.2) is 0 Å². The van der Waals surface area contributed by atoms with Crippen molar-refractivity contribution in [2.75, 3.05) is 12.4 Å². The van der Waals surface area contributed by atoms with Gasteiger partial charge < -0.3 is 15.6 Å². The Labute approximate surface area is 189 Å². The third-order valence-corrected chi connectivity index (χ3v) is 6.37. The van der Waals surface area contributed by atoms with E-state index >= 15 is 0 Å². The van der Waals surface area contributed by atoms with E-state index in [9.17, 15) is 13.2 Å². The third kappa shape index (κ3) is 4.63. The maximum absolute atomic E-state index is 13.0. The second-order valence-electron chi connectivity index (χ2n) is 6.36. The van der Waals surface area contributed by atoms with Gasteiger partial charge in [-0.2, -0.15) is 0 Å². The Balaban J connectivity index is 0.00000272. The number of nitrogens with zero attached hydrogens (tertiary/aromatic N) is 2. The van der Waals surface area contributed by atoms with E-state index in [1.807, 2.05) is 0 Å². The standard InChI is InChI=1S/C20H16ClN5O3S.ClH/c1-22-19(27)18-11-15(8-9-23-18)30(28,29)14-6-7-16-17(10-14)26-20(25-16)24-13-4-2-12(21)3-5-13;/h2-11H,1H3,(H,22,27)(H2,24,25,26);1H. The number of aromatic nitrogens is 3. The van der Waals surface area contributed by atoms with Crippen molar-refractivity contribution < 1.29 is 13.2 Å². The van der Waals surface area contributed by atoms with Crippen LogP contribution >= 0.6 is 24.0 Å². The van der Waals surface area contributed by atoms with E-state index in [2.05, 4.69) is 25.6 Å². The molecule has 0 bridgehead atoms. The number of hydrogen-bond donors (Lipinski definition) is 3. The summed E-state index contributed by atoms with van der Waals surface area (Å²) in [5, 5.41) is 6.16. The smallest absolute Gasteiger partial charge is 0.269 e. The molecule has 0 radical (unpaired) electrons. The number of anilines is 2. The minimum absolute atomic E-state index is 0. The number of amides is 1. The van der Waals surface area contributed by atoms with Gasteiger partial charge in [-0.15, -0.1) is 12.4 Å². The number of fused-ring (bicyclic) bond motifs is 1. The highest BCUT2D eigenvalue weighted by atomic mass is 35.5. The van der Waals surface area contributed by atoms with Crippen LogP contribution in [0.1, 0.15) is 10.5 Å². The van der Waals surface area contributed by atoms with Crippen LogP contribution in [0.4, 0.5) is 11.6 Å². The molecule has 4 aromatic rings. The molecular weight excluding hydrogens is 461 g/mol. The molecule has 2 aromatic heterocycles. The summed E-state index contributed by atoms with van der Waals surface area (Å²) in [4.78, 5) is 23.2. The average Bonchev–Trinajstić information content (AvgIpc) is 3.16. The fraction of sp³-hybridized carbons (Fsp3) is 0.0500. The number of hydrogen-bond acceptors (Lipinski definition) is 6. The molecule has 11 heteroatoms. The maximum Gasteiger partial charge on any atom is 0.269 e. The SMILES string of the molecule is CNC(=O)c1cc(S(=O)(=O)c2ccc3nc(Nc4ccc(Cl)cc4)[nH]c3c2)ccn1.Cl. The monoisotopic (exact) mass is 477 g/mol. The first-order chi connectivity index (χ1) is 14.4. The number of nitrogens with one attached hydrogen (secondary N) is 3. The van der Waals surface area contributed by atoms with E-state index in [1.54, 1.807) is 30.3 Å². The molecular formula is C20H17Cl2N5O3S. The summed E-state index contributed by atoms with van der Waals surface area (Å²) in [6.07, 6.45) is 1.29. The van der Waals surface area contributed by atoms with Crippen molar-refractivity contribution in [3.8, 4) is 0 Å². The number of pyridine rings is 1. The summed E-state index contributed by atoms with van der Waals surface area (Å²) in [5.74, 6) is 0.00155. The number of H-pyrrole nitrogens is 1. The molecule has 0 saturated carbocycles. The van der Waals surface area contributed by atoms with E-state index in [4.69, 9.17) is 11.6 Å². The summed E-state index contributed by atoms with van der Waals surface area (Å²) in [6.45, 7) is 0. The number of benzene rings is 2. The fourth-order valence-electron chi connectivity index (χ4n) is 2.85. The van der Waals surface area contributed by atoms with Gasteiger partial charge in [0.25, 0.3) is 5.91 Å². The molecule has 0 atom stereocenters. The number of aromatic amines is 1. The number of halogens is 2. The molecule has 160 valence electrons. The number of carbonyl (C=O) groups excluding carboxylic acids is 1. The second kappa shape index (κ2) is 8.93. The Bertz CT molecular complexity index is 1360. The highest BCUT2D eigenvalue weighted by Crippen LogP contribution is 2.26. The lowest BCUT2D eigenvalue weighted by Crippen LogP contribution is -2.19. The molecule has 0 spiro atoms. The zero-order valence-corrected chi connectivity index (χ0v) is 18.5. The van der Waals surface area contributed by atoms with Crippen LogP contribution in [0.3, 0.4) is 0 Å². The van der Waals surface area contributed by atoms with E-state index in [0.717, 1.165) is 5.69 Å². The lowest BCUT2D eigenvalue weighted by atomic mass is 10.3. The topological polar surface area (TPSA) is 117 Å². The number of carbonyl (C=O) groups is 1. The zero-order chi connectivity index (χ0) is 21.3. The Hall–Kier alpha value is -3.14. The van der Waals surface area contributed by atoms with Gasteiger partial charge in [0.2, 0.25) is 15.8 Å². The lowest BCUT2D eigenvalue weighted by Gasteiger charge is -2.06. The fourth-order valence-corrected chi connectivity index (χ4v) is 4.28. The first-order valence-corrected chi connectivity index (χ1v) is 10.7. The molecule has 0 fully saturated rings. The van der Waals surface area contributed by atoms with Crippen LogP contribution < -0.4 is 10.6 Å². The zero-order valence-electron chi connectivity index (χ0n) is 16.1. The summed E-state index contributed by atoms with van der Waals surface area (Å²) in [6, 6.07) is 14.3. The first kappa shape index (κ1) is 22.5. The molecule has 2 aromatic carbocycles. The predicted octanol–water partition coefficient (Wildman–Crippen LogP) is 3.97. The summed E-state index contributed by atoms with van der Waals surface area (Å²) < 4.78 is 26.1. The van der Waals surface area contributed by atoms with Crippen molar-refractivity contribution in [3.63, 3.8) is 0 Å². The van der Waals surface area contributed by atoms with Crippen LogP contribution in [-0.4, -0.2) is 36.3 Å². The van der Waals surface area contributed by atoms with Crippen molar-refractivity contribution in [2.24, 2.45) is 0 Å². The quantitative estimate of drug-likeness (QED) is 0.400. The van der Waals surface area contributed by atoms with Crippen molar-refractivity contribution in [2.45, 2.75) is 9.79 Å². The third-order valence-electron chi connectivity index (χ3n) is 4.37. The van der Waals surface area contributed by atoms with Gasteiger partial charge in [-0.3, -0.25) is 9.78 Å². The van der Waals surface area contributed by atoms with Crippen molar-refractivity contribution >= 4 is 62.4 Å². The molecule has 1 amide bonds. The van der Waals surface area contributed by atoms with Crippen LogP contribution in [0.25, 0.3) is 11.0 Å². The minimum atomic E-state index is -3.85. The van der Waals surface area contributed by atoms with Crippen LogP contribution in [0, 0.1) is 0 Å². The van der Waals surface area contributed by atoms with E-state index in [0.29, 0.717) is 22.0 Å². The normalized spacial score (nSPS) is 11.0. The van der Waals surface area contributed by atoms with Crippen molar-refractivity contribution in [1.82, 2.24) is 20.3 Å². The van der Waals surface area contributed by atoms with E-state index in [1.165, 1.54) is 37.5 Å². The Kier molecular flexibility index (Phi) is 6.49. The molecule has 0 aliphatic carbocycles. The number of sulfone groups is 1. The van der Waals surface area contributed by atoms with Gasteiger partial charge in [-0.05, 0) is 54.6 Å². The Morgan fingerprint density at radius 1 is 1.03 bits per heavy atom. The van der Waals surface area contributed by atoms with Crippen molar-refractivity contribution in [3.05, 3.63) is 71.5 Å². The molecule has 31 heavy (non-hydrogen) atoms. The van der Waals surface area contributed by atoms with E-state index < -0.39 is 15.7 Å². The van der Waals surface area contributed by atoms with Crippen LogP contribution in [0.2, 0.25) is 5.02 Å². The molecule has 3 N–H and O–H groups in total. The van der Waals surface area contributed by atoms with Crippen LogP contribution in [0.15, 0.2) is 70.6 Å². The summed E-state index contributed by atoms with van der Waals surface area (Å²) in [5.41, 5.74) is 1.96. The average molecular weight is 478 g/mol. The van der Waals surface area contributed by atoms with E-state index in [-0.39, 0.29) is 27.9 Å². The Morgan fingerprint density at radius 2 is 1.74 bits per heavy atom. The van der Waals surface area contributed by atoms with Gasteiger partial charge in [-0.25, -0.2) is 13.4 Å². The largest absolute Gasteiger partial charge is 0.354 e. The number of imidazole rings is 1. The molecule has 0 aliphatic rings. The highest BCUT2D eigenvalue weighted by Gasteiger charge is 2.20. The van der Waals surface area contributed by atoms with Gasteiger partial charge in [-0.1, -0.05) is 11.6 Å². The first-order valence-electron chi connectivity index (χ1n) is 8.82. The second-order valence-corrected chi connectivity index (χ2v) is 8.74. The lowest BCUT2D eigenvalue weighted by molar-refractivity contribution is 0.0958. The molecule has 0 unspecified atom stereocenters. The Morgan fingerprint density at radius 3 is 2.45 bits per heavy atom. The van der Waals surface area contributed by atoms with Crippen LogP contribution in [-0.2, 0) is 9.84 Å². The molecule has 2 heterocycles. The molecule has 8 nitrogen and oxygen atoms in total. The predicted molar refractivity (Wildman–Crippen MR) is 121 cm³/mol.